The molecular formula is C14H24N2O. The number of fused-ring (bicyclic) bond motifs is 2. The van der Waals surface area contributed by atoms with E-state index in [0.717, 1.165) is 19.3 Å². The molecule has 0 aromatic heterocycles. The van der Waals surface area contributed by atoms with E-state index < -0.39 is 0 Å². The number of nitrogens with two attached hydrogens (primary N) is 1. The van der Waals surface area contributed by atoms with Gasteiger partial charge in [0.05, 0.1) is 5.92 Å². The van der Waals surface area contributed by atoms with Gasteiger partial charge in [-0.05, 0) is 56.8 Å². The maximum absolute atomic E-state index is 12.4. The first-order chi connectivity index (χ1) is 8.15. The van der Waals surface area contributed by atoms with Crippen molar-refractivity contribution in [3.05, 3.63) is 0 Å². The molecule has 1 amide bonds. The van der Waals surface area contributed by atoms with E-state index in [1.807, 2.05) is 0 Å². The van der Waals surface area contributed by atoms with Crippen molar-refractivity contribution in [2.45, 2.75) is 63.5 Å². The second-order valence-electron chi connectivity index (χ2n) is 6.41. The van der Waals surface area contributed by atoms with Crippen molar-refractivity contribution in [1.82, 2.24) is 5.32 Å². The molecule has 0 radical (unpaired) electrons. The van der Waals surface area contributed by atoms with Crippen LogP contribution in [0.15, 0.2) is 0 Å². The number of hydrogen-bond acceptors (Lipinski definition) is 2. The number of carbonyl (C=O) groups is 1. The molecule has 3 fully saturated rings. The van der Waals surface area contributed by atoms with Crippen molar-refractivity contribution in [2.75, 3.05) is 0 Å². The first-order valence-corrected chi connectivity index (χ1v) is 7.23. The van der Waals surface area contributed by atoms with E-state index in [1.165, 1.54) is 25.7 Å². The second-order valence-corrected chi connectivity index (χ2v) is 6.41. The Kier molecular flexibility index (Phi) is 2.69. The normalized spacial score (nSPS) is 42.2. The minimum absolute atomic E-state index is 0.109. The first-order valence-electron chi connectivity index (χ1n) is 7.23. The van der Waals surface area contributed by atoms with Crippen LogP contribution >= 0.6 is 0 Å². The number of nitrogens with one attached hydrogen (secondary N) is 1. The van der Waals surface area contributed by atoms with Gasteiger partial charge in [-0.25, -0.2) is 0 Å². The predicted molar refractivity (Wildman–Crippen MR) is 67.3 cm³/mol. The van der Waals surface area contributed by atoms with Crippen molar-refractivity contribution in [1.29, 1.82) is 0 Å². The number of hydrogen-bond donors (Lipinski definition) is 2. The van der Waals surface area contributed by atoms with Crippen molar-refractivity contribution >= 4 is 5.91 Å². The van der Waals surface area contributed by atoms with Gasteiger partial charge < -0.3 is 11.1 Å². The Morgan fingerprint density at radius 1 is 1.35 bits per heavy atom. The molecule has 0 aromatic rings. The summed E-state index contributed by atoms with van der Waals surface area (Å²) in [5.41, 5.74) is 6.35. The fraction of sp³-hybridized carbons (Fsp3) is 0.929. The monoisotopic (exact) mass is 236 g/mol. The molecule has 0 heterocycles. The highest BCUT2D eigenvalue weighted by molar-refractivity contribution is 5.81. The Balaban J connectivity index is 1.66. The van der Waals surface area contributed by atoms with Gasteiger partial charge in [0, 0.05) is 11.6 Å². The fourth-order valence-electron chi connectivity index (χ4n) is 4.24. The Morgan fingerprint density at radius 3 is 2.53 bits per heavy atom. The molecular weight excluding hydrogens is 212 g/mol. The Morgan fingerprint density at radius 2 is 2.06 bits per heavy atom. The van der Waals surface area contributed by atoms with Crippen LogP contribution in [0.1, 0.15) is 51.9 Å². The molecule has 3 rings (SSSR count). The van der Waals surface area contributed by atoms with Crippen molar-refractivity contribution in [3.8, 4) is 0 Å². The zero-order valence-electron chi connectivity index (χ0n) is 10.7. The molecule has 3 aliphatic carbocycles. The summed E-state index contributed by atoms with van der Waals surface area (Å²) in [7, 11) is 0. The average molecular weight is 236 g/mol. The molecule has 3 N–H and O–H groups in total. The lowest BCUT2D eigenvalue weighted by molar-refractivity contribution is -0.130. The van der Waals surface area contributed by atoms with Crippen LogP contribution in [0, 0.1) is 17.8 Å². The van der Waals surface area contributed by atoms with Crippen LogP contribution in [-0.4, -0.2) is 17.5 Å². The lowest BCUT2D eigenvalue weighted by Gasteiger charge is -2.43. The van der Waals surface area contributed by atoms with Gasteiger partial charge in [-0.1, -0.05) is 6.92 Å². The highest BCUT2D eigenvalue weighted by Gasteiger charge is 2.50. The molecule has 3 aliphatic rings. The third kappa shape index (κ3) is 1.70. The zero-order chi connectivity index (χ0) is 12.0. The van der Waals surface area contributed by atoms with Crippen LogP contribution in [0.25, 0.3) is 0 Å². The first kappa shape index (κ1) is 11.5. The molecule has 0 saturated heterocycles. The summed E-state index contributed by atoms with van der Waals surface area (Å²) in [5, 5.41) is 3.32. The molecule has 0 aromatic carbocycles. The van der Waals surface area contributed by atoms with E-state index in [-0.39, 0.29) is 23.4 Å². The number of rotatable bonds is 3. The Hall–Kier alpha value is -0.570. The Labute approximate surface area is 104 Å². The minimum Gasteiger partial charge on any atom is -0.350 e. The van der Waals surface area contributed by atoms with Gasteiger partial charge in [0.2, 0.25) is 5.91 Å². The van der Waals surface area contributed by atoms with Crippen molar-refractivity contribution in [2.24, 2.45) is 23.5 Å². The summed E-state index contributed by atoms with van der Waals surface area (Å²) in [5.74, 6) is 1.56. The SMILES string of the molecule is CCC1(NC(=O)C2C3CCC(C3)C2N)CCC1. The zero-order valence-corrected chi connectivity index (χ0v) is 10.7. The summed E-state index contributed by atoms with van der Waals surface area (Å²) in [4.78, 5) is 12.4. The lowest BCUT2D eigenvalue weighted by Crippen LogP contribution is -2.57. The van der Waals surface area contributed by atoms with E-state index in [0.29, 0.717) is 11.8 Å². The predicted octanol–water partition coefficient (Wildman–Crippen LogP) is 1.81. The molecule has 96 valence electrons. The second kappa shape index (κ2) is 3.98. The fourth-order valence-corrected chi connectivity index (χ4v) is 4.24. The summed E-state index contributed by atoms with van der Waals surface area (Å²) >= 11 is 0. The molecule has 0 aliphatic heterocycles. The van der Waals surface area contributed by atoms with E-state index >= 15 is 0 Å². The molecule has 17 heavy (non-hydrogen) atoms. The van der Waals surface area contributed by atoms with Crippen molar-refractivity contribution in [3.63, 3.8) is 0 Å². The molecule has 0 spiro atoms. The third-order valence-corrected chi connectivity index (χ3v) is 5.66. The van der Waals surface area contributed by atoms with E-state index in [1.54, 1.807) is 0 Å². The summed E-state index contributed by atoms with van der Waals surface area (Å²) in [6.45, 7) is 2.18. The number of carbonyl (C=O) groups excluding carboxylic acids is 1. The van der Waals surface area contributed by atoms with Crippen LogP contribution in [0.3, 0.4) is 0 Å². The van der Waals surface area contributed by atoms with E-state index in [2.05, 4.69) is 12.2 Å². The van der Waals surface area contributed by atoms with Crippen LogP contribution in [-0.2, 0) is 4.79 Å². The molecule has 3 saturated carbocycles. The van der Waals surface area contributed by atoms with Gasteiger partial charge in [-0.15, -0.1) is 0 Å². The quantitative estimate of drug-likeness (QED) is 0.785. The topological polar surface area (TPSA) is 55.1 Å². The molecule has 3 nitrogen and oxygen atoms in total. The van der Waals surface area contributed by atoms with Crippen LogP contribution in [0.5, 0.6) is 0 Å². The molecule has 4 unspecified atom stereocenters. The highest BCUT2D eigenvalue weighted by Crippen LogP contribution is 2.48. The summed E-state index contributed by atoms with van der Waals surface area (Å²) in [6.07, 6.45) is 8.30. The third-order valence-electron chi connectivity index (χ3n) is 5.66. The Bertz CT molecular complexity index is 317. The van der Waals surface area contributed by atoms with Crippen LogP contribution < -0.4 is 11.1 Å². The van der Waals surface area contributed by atoms with Gasteiger partial charge in [-0.3, -0.25) is 4.79 Å². The lowest BCUT2D eigenvalue weighted by atomic mass is 9.74. The van der Waals surface area contributed by atoms with E-state index in [4.69, 9.17) is 5.73 Å². The van der Waals surface area contributed by atoms with Gasteiger partial charge in [-0.2, -0.15) is 0 Å². The van der Waals surface area contributed by atoms with Gasteiger partial charge in [0.15, 0.2) is 0 Å². The maximum Gasteiger partial charge on any atom is 0.225 e. The largest absolute Gasteiger partial charge is 0.350 e. The average Bonchev–Trinajstić information content (AvgIpc) is 2.83. The summed E-state index contributed by atoms with van der Waals surface area (Å²) in [6, 6.07) is 0.128. The summed E-state index contributed by atoms with van der Waals surface area (Å²) < 4.78 is 0. The smallest absolute Gasteiger partial charge is 0.225 e. The van der Waals surface area contributed by atoms with Crippen LogP contribution in [0.4, 0.5) is 0 Å². The van der Waals surface area contributed by atoms with Gasteiger partial charge in [0.1, 0.15) is 0 Å². The van der Waals surface area contributed by atoms with Gasteiger partial charge >= 0.3 is 0 Å². The molecule has 3 heteroatoms. The molecule has 4 atom stereocenters. The highest BCUT2D eigenvalue weighted by atomic mass is 16.2. The standard InChI is InChI=1S/C14H24N2O/c1-2-14(6-3-7-14)16-13(17)11-9-4-5-10(8-9)12(11)15/h9-12H,2-8,15H2,1H3,(H,16,17). The van der Waals surface area contributed by atoms with Crippen molar-refractivity contribution < 1.29 is 4.79 Å². The molecule has 2 bridgehead atoms. The minimum atomic E-state index is 0.109. The van der Waals surface area contributed by atoms with Crippen LogP contribution in [0.2, 0.25) is 0 Å². The van der Waals surface area contributed by atoms with E-state index in [9.17, 15) is 4.79 Å². The maximum atomic E-state index is 12.4. The number of amides is 1. The van der Waals surface area contributed by atoms with Gasteiger partial charge in [0.25, 0.3) is 0 Å².